The molecule has 178 valence electrons. The highest BCUT2D eigenvalue weighted by atomic mass is 32.1. The number of carbonyl (C=O) groups is 1. The highest BCUT2D eigenvalue weighted by molar-refractivity contribution is 7.81. The fourth-order valence-corrected chi connectivity index (χ4v) is 5.26. The summed E-state index contributed by atoms with van der Waals surface area (Å²) in [5, 5.41) is 13.0. The molecule has 1 aliphatic carbocycles. The summed E-state index contributed by atoms with van der Waals surface area (Å²) in [5.41, 5.74) is 1.93. The Morgan fingerprint density at radius 1 is 1.18 bits per heavy atom. The SMILES string of the molecule is CC.Cc1cc(N2C(=O)C3(CCC3)N(c3ccc(OC4CCNCC4)cc3)C2=S)cnc1C#N. The van der Waals surface area contributed by atoms with Crippen LogP contribution in [0.5, 0.6) is 5.75 Å². The van der Waals surface area contributed by atoms with Gasteiger partial charge in [0.15, 0.2) is 5.11 Å². The Bertz CT molecular complexity index is 1100. The zero-order valence-electron chi connectivity index (χ0n) is 20.0. The summed E-state index contributed by atoms with van der Waals surface area (Å²) in [7, 11) is 0. The second-order valence-corrected chi connectivity index (χ2v) is 9.04. The lowest BCUT2D eigenvalue weighted by Gasteiger charge is -2.43. The second kappa shape index (κ2) is 10.1. The first-order valence-corrected chi connectivity index (χ1v) is 12.5. The van der Waals surface area contributed by atoms with Gasteiger partial charge in [-0.15, -0.1) is 0 Å². The van der Waals surface area contributed by atoms with E-state index >= 15 is 0 Å². The molecule has 2 aliphatic heterocycles. The number of pyridine rings is 1. The Labute approximate surface area is 206 Å². The number of aromatic nitrogens is 1. The minimum Gasteiger partial charge on any atom is -0.490 e. The van der Waals surface area contributed by atoms with Gasteiger partial charge in [-0.1, -0.05) is 13.8 Å². The number of thiocarbonyl (C=S) groups is 1. The molecule has 3 aliphatic rings. The van der Waals surface area contributed by atoms with Gasteiger partial charge >= 0.3 is 0 Å². The van der Waals surface area contributed by atoms with Gasteiger partial charge in [0.1, 0.15) is 29.2 Å². The largest absolute Gasteiger partial charge is 0.490 e. The van der Waals surface area contributed by atoms with E-state index < -0.39 is 5.54 Å². The molecule has 1 saturated carbocycles. The van der Waals surface area contributed by atoms with E-state index in [9.17, 15) is 10.1 Å². The highest BCUT2D eigenvalue weighted by Crippen LogP contribution is 2.48. The van der Waals surface area contributed by atoms with Crippen LogP contribution in [0.1, 0.15) is 57.2 Å². The summed E-state index contributed by atoms with van der Waals surface area (Å²) in [6.45, 7) is 7.78. The van der Waals surface area contributed by atoms with Crippen LogP contribution in [0.15, 0.2) is 36.5 Å². The van der Waals surface area contributed by atoms with E-state index in [2.05, 4.69) is 16.4 Å². The van der Waals surface area contributed by atoms with Crippen LogP contribution in [0, 0.1) is 18.3 Å². The van der Waals surface area contributed by atoms with E-state index in [0.717, 1.165) is 62.2 Å². The van der Waals surface area contributed by atoms with Crippen molar-refractivity contribution in [1.29, 1.82) is 5.26 Å². The van der Waals surface area contributed by atoms with Crippen molar-refractivity contribution in [3.63, 3.8) is 0 Å². The minimum absolute atomic E-state index is 0.0188. The molecule has 0 bridgehead atoms. The van der Waals surface area contributed by atoms with Crippen LogP contribution in [0.2, 0.25) is 0 Å². The van der Waals surface area contributed by atoms with E-state index in [1.807, 2.05) is 56.0 Å². The molecule has 5 rings (SSSR count). The van der Waals surface area contributed by atoms with E-state index in [1.54, 1.807) is 11.1 Å². The maximum atomic E-state index is 13.6. The molecule has 1 amide bonds. The van der Waals surface area contributed by atoms with Gasteiger partial charge in [0.25, 0.3) is 5.91 Å². The average molecular weight is 478 g/mol. The van der Waals surface area contributed by atoms with Crippen molar-refractivity contribution in [2.24, 2.45) is 0 Å². The smallest absolute Gasteiger partial charge is 0.259 e. The third-order valence-electron chi connectivity index (χ3n) is 6.70. The van der Waals surface area contributed by atoms with Crippen molar-refractivity contribution in [3.8, 4) is 11.8 Å². The first-order chi connectivity index (χ1) is 16.5. The molecule has 8 heteroatoms. The molecule has 1 aromatic heterocycles. The molecule has 7 nitrogen and oxygen atoms in total. The van der Waals surface area contributed by atoms with Crippen molar-refractivity contribution in [1.82, 2.24) is 10.3 Å². The number of nitriles is 1. The summed E-state index contributed by atoms with van der Waals surface area (Å²) < 4.78 is 6.14. The molecule has 3 heterocycles. The third kappa shape index (κ3) is 4.15. The Morgan fingerprint density at radius 3 is 2.41 bits per heavy atom. The lowest BCUT2D eigenvalue weighted by atomic mass is 9.75. The van der Waals surface area contributed by atoms with E-state index in [0.29, 0.717) is 16.5 Å². The van der Waals surface area contributed by atoms with Gasteiger partial charge in [-0.2, -0.15) is 5.26 Å². The Kier molecular flexibility index (Phi) is 7.15. The number of carbonyl (C=O) groups excluding carboxylic acids is 1. The van der Waals surface area contributed by atoms with Gasteiger partial charge in [-0.3, -0.25) is 9.69 Å². The molecular formula is C26H31N5O2S. The molecule has 1 aromatic carbocycles. The molecular weight excluding hydrogens is 446 g/mol. The highest BCUT2D eigenvalue weighted by Gasteiger charge is 2.59. The number of amides is 1. The lowest BCUT2D eigenvalue weighted by Crippen LogP contribution is -2.55. The topological polar surface area (TPSA) is 81.5 Å². The van der Waals surface area contributed by atoms with Crippen LogP contribution >= 0.6 is 12.2 Å². The van der Waals surface area contributed by atoms with Crippen molar-refractivity contribution in [2.45, 2.75) is 64.5 Å². The van der Waals surface area contributed by atoms with E-state index in [1.165, 1.54) is 0 Å². The fourth-order valence-electron chi connectivity index (χ4n) is 4.79. The van der Waals surface area contributed by atoms with Crippen LogP contribution in [-0.4, -0.2) is 40.7 Å². The predicted octanol–water partition coefficient (Wildman–Crippen LogP) is 4.48. The molecule has 0 radical (unpaired) electrons. The van der Waals surface area contributed by atoms with Gasteiger partial charge in [-0.05, 0) is 100 Å². The number of hydrogen-bond donors (Lipinski definition) is 1. The summed E-state index contributed by atoms with van der Waals surface area (Å²) >= 11 is 5.82. The lowest BCUT2D eigenvalue weighted by molar-refractivity contribution is -0.123. The molecule has 3 fully saturated rings. The quantitative estimate of drug-likeness (QED) is 0.650. The number of benzene rings is 1. The van der Waals surface area contributed by atoms with Crippen molar-refractivity contribution >= 4 is 34.6 Å². The van der Waals surface area contributed by atoms with Crippen LogP contribution in [0.3, 0.4) is 0 Å². The van der Waals surface area contributed by atoms with Crippen LogP contribution < -0.4 is 19.9 Å². The fraction of sp³-hybridized carbons (Fsp3) is 0.462. The van der Waals surface area contributed by atoms with Crippen LogP contribution in [-0.2, 0) is 4.79 Å². The molecule has 0 atom stereocenters. The maximum absolute atomic E-state index is 13.6. The summed E-state index contributed by atoms with van der Waals surface area (Å²) in [4.78, 5) is 21.4. The Hall–Kier alpha value is -3.02. The van der Waals surface area contributed by atoms with Gasteiger partial charge in [-0.25, -0.2) is 4.98 Å². The monoisotopic (exact) mass is 477 g/mol. The summed E-state index contributed by atoms with van der Waals surface area (Å²) in [5.74, 6) is 0.818. The Balaban J connectivity index is 0.00000133. The molecule has 34 heavy (non-hydrogen) atoms. The molecule has 2 saturated heterocycles. The number of aryl methyl sites for hydroxylation is 1. The molecule has 0 unspecified atom stereocenters. The van der Waals surface area contributed by atoms with E-state index in [-0.39, 0.29) is 12.0 Å². The first kappa shape index (κ1) is 24.1. The number of nitrogens with zero attached hydrogens (tertiary/aromatic N) is 4. The number of ether oxygens (including phenoxy) is 1. The van der Waals surface area contributed by atoms with Gasteiger partial charge in [0.2, 0.25) is 0 Å². The van der Waals surface area contributed by atoms with Gasteiger partial charge < -0.3 is 15.0 Å². The van der Waals surface area contributed by atoms with Crippen LogP contribution in [0.25, 0.3) is 0 Å². The standard InChI is InChI=1S/C24H25N5O2S.C2H6/c1-16-13-18(15-27-21(16)14-25)28-22(30)24(9-2-10-24)29(23(28)32)17-3-5-19(6-4-17)31-20-7-11-26-12-8-20;1-2/h3-6,13,15,20,26H,2,7-12H2,1H3;1-2H3. The third-order valence-corrected chi connectivity index (χ3v) is 7.07. The van der Waals surface area contributed by atoms with Crippen molar-refractivity contribution < 1.29 is 9.53 Å². The van der Waals surface area contributed by atoms with Gasteiger partial charge in [0.05, 0.1) is 11.9 Å². The predicted molar refractivity (Wildman–Crippen MR) is 137 cm³/mol. The van der Waals surface area contributed by atoms with E-state index in [4.69, 9.17) is 17.0 Å². The number of piperidine rings is 1. The van der Waals surface area contributed by atoms with Crippen LogP contribution in [0.4, 0.5) is 11.4 Å². The summed E-state index contributed by atoms with van der Waals surface area (Å²) in [6, 6.07) is 11.8. The average Bonchev–Trinajstić information content (AvgIpc) is 3.08. The molecule has 2 aromatic rings. The molecule has 1 spiro atoms. The second-order valence-electron chi connectivity index (χ2n) is 8.68. The zero-order chi connectivity index (χ0) is 24.3. The van der Waals surface area contributed by atoms with Crippen molar-refractivity contribution in [2.75, 3.05) is 22.9 Å². The number of nitrogens with one attached hydrogen (secondary N) is 1. The minimum atomic E-state index is -0.643. The Morgan fingerprint density at radius 2 is 1.85 bits per heavy atom. The number of rotatable bonds is 4. The zero-order valence-corrected chi connectivity index (χ0v) is 20.8. The summed E-state index contributed by atoms with van der Waals surface area (Å²) in [6.07, 6.45) is 6.31. The molecule has 1 N–H and O–H groups in total. The number of anilines is 2. The maximum Gasteiger partial charge on any atom is 0.259 e. The van der Waals surface area contributed by atoms with Gasteiger partial charge in [0, 0.05) is 5.69 Å². The van der Waals surface area contributed by atoms with Crippen molar-refractivity contribution in [3.05, 3.63) is 47.8 Å². The normalized spacial score (nSPS) is 19.4. The number of hydrogen-bond acceptors (Lipinski definition) is 6. The first-order valence-electron chi connectivity index (χ1n) is 12.1.